The highest BCUT2D eigenvalue weighted by atomic mass is 16.5. The summed E-state index contributed by atoms with van der Waals surface area (Å²) < 4.78 is 4.75. The van der Waals surface area contributed by atoms with Gasteiger partial charge in [0.2, 0.25) is 5.91 Å². The van der Waals surface area contributed by atoms with Crippen molar-refractivity contribution in [1.82, 2.24) is 0 Å². The van der Waals surface area contributed by atoms with Gasteiger partial charge in [-0.2, -0.15) is 0 Å². The number of para-hydroxylation sites is 1. The Balaban J connectivity index is 2.18. The van der Waals surface area contributed by atoms with Gasteiger partial charge in [0.15, 0.2) is 0 Å². The first-order chi connectivity index (χ1) is 10.1. The summed E-state index contributed by atoms with van der Waals surface area (Å²) in [5.74, 6) is -0.514. The topological polar surface area (TPSA) is 67.4 Å². The molecule has 1 amide bonds. The molecule has 0 fully saturated rings. The Morgan fingerprint density at radius 2 is 1.57 bits per heavy atom. The second kappa shape index (κ2) is 6.56. The van der Waals surface area contributed by atoms with Crippen molar-refractivity contribution in [1.29, 1.82) is 0 Å². The predicted octanol–water partition coefficient (Wildman–Crippen LogP) is 3.18. The molecule has 21 heavy (non-hydrogen) atoms. The number of hydrogen-bond donors (Lipinski definition) is 2. The summed E-state index contributed by atoms with van der Waals surface area (Å²) in [4.78, 5) is 22.7. The highest BCUT2D eigenvalue weighted by molar-refractivity contribution is 5.96. The first-order valence-electron chi connectivity index (χ1n) is 6.42. The van der Waals surface area contributed by atoms with Gasteiger partial charge >= 0.3 is 5.97 Å². The molecular formula is C16H16N2O3. The van der Waals surface area contributed by atoms with Gasteiger partial charge in [-0.1, -0.05) is 12.1 Å². The van der Waals surface area contributed by atoms with E-state index >= 15 is 0 Å². The molecule has 0 aliphatic carbocycles. The van der Waals surface area contributed by atoms with Crippen LogP contribution < -0.4 is 10.6 Å². The van der Waals surface area contributed by atoms with Gasteiger partial charge in [-0.05, 0) is 36.4 Å². The minimum Gasteiger partial charge on any atom is -0.465 e. The molecule has 0 bridgehead atoms. The van der Waals surface area contributed by atoms with E-state index < -0.39 is 5.97 Å². The summed E-state index contributed by atoms with van der Waals surface area (Å²) in [6, 6.07) is 14.3. The fraction of sp³-hybridized carbons (Fsp3) is 0.125. The molecule has 0 aliphatic rings. The van der Waals surface area contributed by atoms with Crippen molar-refractivity contribution in [3.63, 3.8) is 0 Å². The molecule has 0 aromatic heterocycles. The summed E-state index contributed by atoms with van der Waals surface area (Å²) >= 11 is 0. The zero-order valence-corrected chi connectivity index (χ0v) is 11.8. The first-order valence-corrected chi connectivity index (χ1v) is 6.42. The summed E-state index contributed by atoms with van der Waals surface area (Å²) in [5, 5.41) is 5.85. The van der Waals surface area contributed by atoms with Crippen molar-refractivity contribution >= 4 is 28.9 Å². The predicted molar refractivity (Wildman–Crippen MR) is 81.8 cm³/mol. The van der Waals surface area contributed by atoms with Gasteiger partial charge in [0.25, 0.3) is 0 Å². The number of carbonyl (C=O) groups excluding carboxylic acids is 2. The Bertz CT molecular complexity index is 651. The van der Waals surface area contributed by atoms with E-state index in [1.54, 1.807) is 30.3 Å². The maximum absolute atomic E-state index is 11.7. The number of anilines is 3. The van der Waals surface area contributed by atoms with Crippen molar-refractivity contribution in [2.24, 2.45) is 0 Å². The fourth-order valence-electron chi connectivity index (χ4n) is 1.88. The maximum atomic E-state index is 11.7. The number of benzene rings is 2. The van der Waals surface area contributed by atoms with Crippen molar-refractivity contribution in [3.05, 3.63) is 54.1 Å². The minimum absolute atomic E-state index is 0.119. The van der Waals surface area contributed by atoms with E-state index in [0.29, 0.717) is 16.9 Å². The molecule has 0 spiro atoms. The largest absolute Gasteiger partial charge is 0.465 e. The third kappa shape index (κ3) is 3.82. The Kier molecular flexibility index (Phi) is 4.56. The molecule has 5 nitrogen and oxygen atoms in total. The third-order valence-corrected chi connectivity index (χ3v) is 2.82. The molecule has 0 heterocycles. The van der Waals surface area contributed by atoms with Crippen LogP contribution in [-0.2, 0) is 9.53 Å². The lowest BCUT2D eigenvalue weighted by Crippen LogP contribution is -2.06. The van der Waals surface area contributed by atoms with Crippen molar-refractivity contribution in [2.75, 3.05) is 17.7 Å². The second-order valence-corrected chi connectivity index (χ2v) is 4.42. The standard InChI is InChI=1S/C16H16N2O3/c1-11(19)17-12-7-9-13(10-8-12)18-15-6-4-3-5-14(15)16(20)21-2/h3-10,18H,1-2H3,(H,17,19). The zero-order chi connectivity index (χ0) is 15.2. The van der Waals surface area contributed by atoms with E-state index in [1.807, 2.05) is 18.2 Å². The molecule has 0 saturated carbocycles. The smallest absolute Gasteiger partial charge is 0.339 e. The SMILES string of the molecule is COC(=O)c1ccccc1Nc1ccc(NC(C)=O)cc1. The second-order valence-electron chi connectivity index (χ2n) is 4.42. The Morgan fingerprint density at radius 1 is 0.952 bits per heavy atom. The van der Waals surface area contributed by atoms with Crippen LogP contribution in [0.2, 0.25) is 0 Å². The number of rotatable bonds is 4. The molecule has 0 unspecified atom stereocenters. The number of ether oxygens (including phenoxy) is 1. The highest BCUT2D eigenvalue weighted by Gasteiger charge is 2.10. The summed E-state index contributed by atoms with van der Waals surface area (Å²) in [6.45, 7) is 1.46. The van der Waals surface area contributed by atoms with Crippen molar-refractivity contribution in [2.45, 2.75) is 6.92 Å². The lowest BCUT2D eigenvalue weighted by Gasteiger charge is -2.11. The average Bonchev–Trinajstić information content (AvgIpc) is 2.48. The lowest BCUT2D eigenvalue weighted by molar-refractivity contribution is -0.114. The number of carbonyl (C=O) groups is 2. The van der Waals surface area contributed by atoms with Gasteiger partial charge in [0, 0.05) is 18.3 Å². The van der Waals surface area contributed by atoms with Crippen LogP contribution in [0.1, 0.15) is 17.3 Å². The fourth-order valence-corrected chi connectivity index (χ4v) is 1.88. The lowest BCUT2D eigenvalue weighted by atomic mass is 10.1. The number of nitrogens with one attached hydrogen (secondary N) is 2. The minimum atomic E-state index is -0.395. The summed E-state index contributed by atoms with van der Waals surface area (Å²) in [7, 11) is 1.35. The van der Waals surface area contributed by atoms with Gasteiger partial charge in [-0.3, -0.25) is 4.79 Å². The van der Waals surface area contributed by atoms with E-state index in [9.17, 15) is 9.59 Å². The molecule has 5 heteroatoms. The van der Waals surface area contributed by atoms with E-state index in [2.05, 4.69) is 10.6 Å². The van der Waals surface area contributed by atoms with Gasteiger partial charge < -0.3 is 15.4 Å². The third-order valence-electron chi connectivity index (χ3n) is 2.82. The van der Waals surface area contributed by atoms with Crippen molar-refractivity contribution in [3.8, 4) is 0 Å². The van der Waals surface area contributed by atoms with Crippen LogP contribution in [-0.4, -0.2) is 19.0 Å². The highest BCUT2D eigenvalue weighted by Crippen LogP contribution is 2.22. The van der Waals surface area contributed by atoms with Crippen LogP contribution >= 0.6 is 0 Å². The molecule has 2 rings (SSSR count). The Morgan fingerprint density at radius 3 is 2.19 bits per heavy atom. The van der Waals surface area contributed by atoms with E-state index in [-0.39, 0.29) is 5.91 Å². The van der Waals surface area contributed by atoms with Gasteiger partial charge in [-0.15, -0.1) is 0 Å². The number of hydrogen-bond acceptors (Lipinski definition) is 4. The first kappa shape index (κ1) is 14.6. The Hall–Kier alpha value is -2.82. The molecule has 2 aromatic rings. The van der Waals surface area contributed by atoms with Crippen molar-refractivity contribution < 1.29 is 14.3 Å². The number of esters is 1. The summed E-state index contributed by atoms with van der Waals surface area (Å²) in [6.07, 6.45) is 0. The van der Waals surface area contributed by atoms with E-state index in [0.717, 1.165) is 5.69 Å². The van der Waals surface area contributed by atoms with Crippen LogP contribution in [0, 0.1) is 0 Å². The molecular weight excluding hydrogens is 268 g/mol. The van der Waals surface area contributed by atoms with Gasteiger partial charge in [0.05, 0.1) is 18.4 Å². The normalized spacial score (nSPS) is 9.81. The molecule has 0 radical (unpaired) electrons. The van der Waals surface area contributed by atoms with Crippen LogP contribution in [0.25, 0.3) is 0 Å². The van der Waals surface area contributed by atoms with Gasteiger partial charge in [0.1, 0.15) is 0 Å². The molecule has 2 aromatic carbocycles. The summed E-state index contributed by atoms with van der Waals surface area (Å²) in [5.41, 5.74) is 2.65. The molecule has 108 valence electrons. The van der Waals surface area contributed by atoms with Crippen LogP contribution in [0.5, 0.6) is 0 Å². The van der Waals surface area contributed by atoms with Crippen LogP contribution in [0.4, 0.5) is 17.1 Å². The quantitative estimate of drug-likeness (QED) is 0.846. The zero-order valence-electron chi connectivity index (χ0n) is 11.8. The molecule has 0 aliphatic heterocycles. The van der Waals surface area contributed by atoms with Crippen LogP contribution in [0.15, 0.2) is 48.5 Å². The molecule has 2 N–H and O–H groups in total. The molecule has 0 atom stereocenters. The van der Waals surface area contributed by atoms with E-state index in [1.165, 1.54) is 14.0 Å². The number of amides is 1. The Labute approximate surface area is 122 Å². The molecule has 0 saturated heterocycles. The van der Waals surface area contributed by atoms with Gasteiger partial charge in [-0.25, -0.2) is 4.79 Å². The number of methoxy groups -OCH3 is 1. The van der Waals surface area contributed by atoms with E-state index in [4.69, 9.17) is 4.74 Å². The maximum Gasteiger partial charge on any atom is 0.339 e. The van der Waals surface area contributed by atoms with Crippen LogP contribution in [0.3, 0.4) is 0 Å². The monoisotopic (exact) mass is 284 g/mol. The average molecular weight is 284 g/mol.